The number of carbonyl (C=O) groups excluding carboxylic acids is 3. The molecule has 3 heterocycles. The fourth-order valence-corrected chi connectivity index (χ4v) is 6.33. The third kappa shape index (κ3) is 7.03. The van der Waals surface area contributed by atoms with Gasteiger partial charge in [-0.05, 0) is 18.2 Å². The lowest BCUT2D eigenvalue weighted by Gasteiger charge is -2.44. The first-order chi connectivity index (χ1) is 18.1. The summed E-state index contributed by atoms with van der Waals surface area (Å²) in [6.07, 6.45) is 0.206. The van der Waals surface area contributed by atoms with Gasteiger partial charge in [0.1, 0.15) is 34.9 Å². The standard InChI is InChI=1S/C23H22Cl2N4O7S2/c1-11(30)33-10-18-20(34-12(2)31)19(29-9-17(27-28-29)22-26-4-5-37-22)21(35-13(3)32)23(36-18)38-16-7-14(24)6-15(25)8-16/h4-9,18-21,23H,10H2,1-3H3/t18-,19+,20+,21-,23-/m1/s1. The number of esters is 3. The molecule has 1 aliphatic rings. The normalized spacial score (nSPS) is 23.0. The fraction of sp³-hybridized carbons (Fsp3) is 0.391. The topological polar surface area (TPSA) is 132 Å². The van der Waals surface area contributed by atoms with Crippen molar-refractivity contribution in [2.45, 2.75) is 55.5 Å². The summed E-state index contributed by atoms with van der Waals surface area (Å²) in [5, 5.41) is 11.7. The van der Waals surface area contributed by atoms with Crippen molar-refractivity contribution in [1.29, 1.82) is 0 Å². The maximum Gasteiger partial charge on any atom is 0.303 e. The molecule has 0 N–H and O–H groups in total. The average molecular weight is 601 g/mol. The molecule has 202 valence electrons. The quantitative estimate of drug-likeness (QED) is 0.272. The number of nitrogens with zero attached hydrogens (tertiary/aromatic N) is 4. The lowest BCUT2D eigenvalue weighted by Crippen LogP contribution is -2.57. The van der Waals surface area contributed by atoms with Gasteiger partial charge < -0.3 is 18.9 Å². The second kappa shape index (κ2) is 12.4. The maximum absolute atomic E-state index is 12.3. The minimum Gasteiger partial charge on any atom is -0.463 e. The van der Waals surface area contributed by atoms with Crippen LogP contribution in [0.4, 0.5) is 0 Å². The van der Waals surface area contributed by atoms with E-state index in [9.17, 15) is 14.4 Å². The highest BCUT2D eigenvalue weighted by molar-refractivity contribution is 7.99. The number of rotatable bonds is 8. The molecule has 0 saturated carbocycles. The number of hydrogen-bond donors (Lipinski definition) is 0. The lowest BCUT2D eigenvalue weighted by molar-refractivity contribution is -0.212. The summed E-state index contributed by atoms with van der Waals surface area (Å²) in [5.74, 6) is -1.77. The van der Waals surface area contributed by atoms with Crippen LogP contribution < -0.4 is 0 Å². The Morgan fingerprint density at radius 1 is 1.05 bits per heavy atom. The lowest BCUT2D eigenvalue weighted by atomic mass is 9.96. The Morgan fingerprint density at radius 2 is 1.74 bits per heavy atom. The van der Waals surface area contributed by atoms with E-state index in [1.54, 1.807) is 36.0 Å². The summed E-state index contributed by atoms with van der Waals surface area (Å²) in [6, 6.07) is 4.02. The highest BCUT2D eigenvalue weighted by Crippen LogP contribution is 2.42. The molecule has 1 fully saturated rings. The largest absolute Gasteiger partial charge is 0.463 e. The van der Waals surface area contributed by atoms with Crippen molar-refractivity contribution in [3.8, 4) is 10.7 Å². The van der Waals surface area contributed by atoms with Crippen LogP contribution in [-0.2, 0) is 33.3 Å². The fourth-order valence-electron chi connectivity index (χ4n) is 3.88. The van der Waals surface area contributed by atoms with E-state index in [4.69, 9.17) is 42.1 Å². The van der Waals surface area contributed by atoms with Crippen LogP contribution in [0.2, 0.25) is 10.0 Å². The summed E-state index contributed by atoms with van der Waals surface area (Å²) in [5.41, 5.74) is -0.407. The van der Waals surface area contributed by atoms with Gasteiger partial charge in [0.2, 0.25) is 0 Å². The monoisotopic (exact) mass is 600 g/mol. The molecule has 5 atom stereocenters. The van der Waals surface area contributed by atoms with E-state index in [1.165, 1.54) is 48.6 Å². The number of aromatic nitrogens is 4. The SMILES string of the molecule is CC(=O)OC[C@H]1O[C@H](Sc2cc(Cl)cc(Cl)c2)[C@H](OC(C)=O)[C@@H](n2cc(-c3nccs3)nn2)[C@H]1OC(C)=O. The van der Waals surface area contributed by atoms with Gasteiger partial charge in [-0.15, -0.1) is 16.4 Å². The summed E-state index contributed by atoms with van der Waals surface area (Å²) < 4.78 is 24.3. The Bertz CT molecular complexity index is 1290. The number of halogens is 2. The van der Waals surface area contributed by atoms with Crippen LogP contribution >= 0.6 is 46.3 Å². The van der Waals surface area contributed by atoms with Gasteiger partial charge in [-0.1, -0.05) is 40.2 Å². The number of thioether (sulfide) groups is 1. The predicted octanol–water partition coefficient (Wildman–Crippen LogP) is 4.19. The maximum atomic E-state index is 12.3. The summed E-state index contributed by atoms with van der Waals surface area (Å²) in [4.78, 5) is 40.9. The molecular weight excluding hydrogens is 579 g/mol. The molecule has 15 heteroatoms. The summed E-state index contributed by atoms with van der Waals surface area (Å²) in [6.45, 7) is 3.50. The first-order valence-electron chi connectivity index (χ1n) is 11.2. The third-order valence-corrected chi connectivity index (χ3v) is 7.58. The minimum absolute atomic E-state index is 0.238. The molecule has 0 spiro atoms. The summed E-state index contributed by atoms with van der Waals surface area (Å²) in [7, 11) is 0. The molecule has 0 bridgehead atoms. The zero-order chi connectivity index (χ0) is 27.4. The minimum atomic E-state index is -1.07. The van der Waals surface area contributed by atoms with Crippen LogP contribution in [0, 0.1) is 0 Å². The van der Waals surface area contributed by atoms with E-state index in [0.717, 1.165) is 0 Å². The van der Waals surface area contributed by atoms with E-state index in [2.05, 4.69) is 15.3 Å². The Labute approximate surface area is 235 Å². The van der Waals surface area contributed by atoms with Crippen molar-refractivity contribution in [3.05, 3.63) is 46.0 Å². The molecule has 0 unspecified atom stereocenters. The molecule has 0 amide bonds. The molecule has 1 aliphatic heterocycles. The van der Waals surface area contributed by atoms with E-state index < -0.39 is 47.7 Å². The van der Waals surface area contributed by atoms with Crippen molar-refractivity contribution >= 4 is 64.2 Å². The van der Waals surface area contributed by atoms with Crippen molar-refractivity contribution < 1.29 is 33.3 Å². The third-order valence-electron chi connectivity index (χ3n) is 5.23. The van der Waals surface area contributed by atoms with Crippen LogP contribution in [0.3, 0.4) is 0 Å². The molecule has 2 aromatic heterocycles. The second-order valence-corrected chi connectivity index (χ2v) is 11.1. The zero-order valence-electron chi connectivity index (χ0n) is 20.3. The van der Waals surface area contributed by atoms with Gasteiger partial charge in [0.05, 0.1) is 6.20 Å². The number of benzene rings is 1. The molecule has 0 aliphatic carbocycles. The second-order valence-electron chi connectivity index (χ2n) is 8.13. The molecule has 1 saturated heterocycles. The van der Waals surface area contributed by atoms with E-state index in [-0.39, 0.29) is 6.61 Å². The molecule has 11 nitrogen and oxygen atoms in total. The van der Waals surface area contributed by atoms with Gasteiger partial charge in [0.25, 0.3) is 0 Å². The van der Waals surface area contributed by atoms with Gasteiger partial charge in [-0.25, -0.2) is 9.67 Å². The van der Waals surface area contributed by atoms with Gasteiger partial charge in [0.15, 0.2) is 12.2 Å². The van der Waals surface area contributed by atoms with Crippen molar-refractivity contribution in [3.63, 3.8) is 0 Å². The number of thiazole rings is 1. The molecule has 3 aromatic rings. The van der Waals surface area contributed by atoms with Gasteiger partial charge in [0, 0.05) is 47.3 Å². The number of hydrogen-bond acceptors (Lipinski definition) is 12. The van der Waals surface area contributed by atoms with Gasteiger partial charge in [-0.3, -0.25) is 14.4 Å². The van der Waals surface area contributed by atoms with E-state index in [1.807, 2.05) is 0 Å². The molecule has 0 radical (unpaired) electrons. The van der Waals surface area contributed by atoms with Crippen LogP contribution in [0.1, 0.15) is 26.8 Å². The van der Waals surface area contributed by atoms with Crippen LogP contribution in [0.25, 0.3) is 10.7 Å². The van der Waals surface area contributed by atoms with E-state index in [0.29, 0.717) is 25.6 Å². The predicted molar refractivity (Wildman–Crippen MR) is 139 cm³/mol. The molecule has 38 heavy (non-hydrogen) atoms. The van der Waals surface area contributed by atoms with Crippen LogP contribution in [0.5, 0.6) is 0 Å². The van der Waals surface area contributed by atoms with Crippen molar-refractivity contribution in [2.24, 2.45) is 0 Å². The van der Waals surface area contributed by atoms with Crippen LogP contribution in [-0.4, -0.2) is 68.2 Å². The Kier molecular flexibility index (Phi) is 9.26. The Balaban J connectivity index is 1.79. The highest BCUT2D eigenvalue weighted by atomic mass is 35.5. The van der Waals surface area contributed by atoms with Crippen LogP contribution in [0.15, 0.2) is 40.9 Å². The Hall–Kier alpha value is -2.71. The van der Waals surface area contributed by atoms with Gasteiger partial charge in [-0.2, -0.15) is 0 Å². The van der Waals surface area contributed by atoms with E-state index >= 15 is 0 Å². The average Bonchev–Trinajstić information content (AvgIpc) is 3.50. The molecular formula is C23H22Cl2N4O7S2. The highest BCUT2D eigenvalue weighted by Gasteiger charge is 2.52. The molecule has 1 aromatic carbocycles. The summed E-state index contributed by atoms with van der Waals surface area (Å²) >= 11 is 14.9. The van der Waals surface area contributed by atoms with Crippen molar-refractivity contribution in [2.75, 3.05) is 6.61 Å². The zero-order valence-corrected chi connectivity index (χ0v) is 23.4. The van der Waals surface area contributed by atoms with Gasteiger partial charge >= 0.3 is 17.9 Å². The smallest absolute Gasteiger partial charge is 0.303 e. The Morgan fingerprint density at radius 3 is 2.34 bits per heavy atom. The number of carbonyl (C=O) groups is 3. The van der Waals surface area contributed by atoms with Crippen molar-refractivity contribution in [1.82, 2.24) is 20.0 Å². The number of ether oxygens (including phenoxy) is 4. The first kappa shape index (κ1) is 28.3. The molecule has 4 rings (SSSR count). The first-order valence-corrected chi connectivity index (χ1v) is 13.7.